The van der Waals surface area contributed by atoms with Crippen LogP contribution >= 0.6 is 7.81 Å². The van der Waals surface area contributed by atoms with Gasteiger partial charge >= 0.3 is 33.0 Å². The van der Waals surface area contributed by atoms with Crippen molar-refractivity contribution in [3.8, 4) is 11.5 Å². The van der Waals surface area contributed by atoms with Crippen molar-refractivity contribution in [1.29, 1.82) is 0 Å². The standard InChI is InChI=1S/C17H17OS.F6P/c1-3-13(4-2)19-16-11-7-5-9-14(16)18-15-10-6-8-12-17(15)19;1-7(2,3,4,5)6/h3,5-12H,4H2,1-2H3;/q+1;-1/b13-3+;. The number of benzene rings is 2. The Hall–Kier alpha value is -1.66. The summed E-state index contributed by atoms with van der Waals surface area (Å²) >= 11 is 0. The Morgan fingerprint density at radius 3 is 1.62 bits per heavy atom. The minimum atomic E-state index is -10.7. The van der Waals surface area contributed by atoms with E-state index >= 15 is 0 Å². The molecule has 1 heterocycles. The topological polar surface area (TPSA) is 9.23 Å². The molecule has 0 aromatic heterocycles. The van der Waals surface area contributed by atoms with E-state index in [0.717, 1.165) is 17.9 Å². The van der Waals surface area contributed by atoms with Gasteiger partial charge in [0.15, 0.2) is 11.5 Å². The van der Waals surface area contributed by atoms with E-state index in [9.17, 15) is 25.2 Å². The maximum atomic E-state index is 9.87. The van der Waals surface area contributed by atoms with Crippen LogP contribution in [0.15, 0.2) is 69.3 Å². The van der Waals surface area contributed by atoms with Crippen LogP contribution in [0.2, 0.25) is 0 Å². The fourth-order valence-corrected chi connectivity index (χ4v) is 4.77. The van der Waals surface area contributed by atoms with E-state index in [1.807, 2.05) is 12.1 Å². The van der Waals surface area contributed by atoms with E-state index in [1.165, 1.54) is 14.7 Å². The van der Waals surface area contributed by atoms with Crippen molar-refractivity contribution in [1.82, 2.24) is 0 Å². The Bertz CT molecular complexity index is 776. The summed E-state index contributed by atoms with van der Waals surface area (Å²) in [7, 11) is -10.7. The molecule has 0 N–H and O–H groups in total. The van der Waals surface area contributed by atoms with Crippen LogP contribution in [-0.2, 0) is 10.9 Å². The predicted octanol–water partition coefficient (Wildman–Crippen LogP) is 8.52. The van der Waals surface area contributed by atoms with Crippen molar-refractivity contribution in [2.45, 2.75) is 30.1 Å². The van der Waals surface area contributed by atoms with Gasteiger partial charge in [0.05, 0.1) is 0 Å². The van der Waals surface area contributed by atoms with Gasteiger partial charge in [-0.25, -0.2) is 0 Å². The van der Waals surface area contributed by atoms with Gasteiger partial charge in [-0.15, -0.1) is 0 Å². The minimum absolute atomic E-state index is 0.00375. The van der Waals surface area contributed by atoms with Crippen molar-refractivity contribution in [3.63, 3.8) is 0 Å². The normalized spacial score (nSPS) is 16.8. The maximum absolute atomic E-state index is 10.7. The summed E-state index contributed by atoms with van der Waals surface area (Å²) in [5.41, 5.74) is 0. The zero-order chi connectivity index (χ0) is 19.7. The van der Waals surface area contributed by atoms with Crippen molar-refractivity contribution < 1.29 is 29.9 Å². The zero-order valence-corrected chi connectivity index (χ0v) is 15.6. The van der Waals surface area contributed by atoms with Gasteiger partial charge in [0.25, 0.3) is 0 Å². The average Bonchev–Trinajstić information content (AvgIpc) is 2.52. The molecule has 1 nitrogen and oxygen atoms in total. The molecule has 0 spiro atoms. The fourth-order valence-electron chi connectivity index (χ4n) is 2.39. The Morgan fingerprint density at radius 1 is 0.885 bits per heavy atom. The Morgan fingerprint density at radius 2 is 1.27 bits per heavy atom. The molecule has 3 rings (SSSR count). The monoisotopic (exact) mass is 414 g/mol. The first-order chi connectivity index (χ1) is 11.8. The summed E-state index contributed by atoms with van der Waals surface area (Å²) in [5, 5.41) is 0. The molecule has 0 saturated heterocycles. The molecule has 0 unspecified atom stereocenters. The van der Waals surface area contributed by atoms with Crippen molar-refractivity contribution in [2.24, 2.45) is 0 Å². The van der Waals surface area contributed by atoms with Gasteiger partial charge in [0.2, 0.25) is 9.79 Å². The van der Waals surface area contributed by atoms with E-state index in [4.69, 9.17) is 4.74 Å². The predicted molar refractivity (Wildman–Crippen MR) is 94.5 cm³/mol. The second-order valence-electron chi connectivity index (χ2n) is 5.37. The van der Waals surface area contributed by atoms with Crippen molar-refractivity contribution in [2.75, 3.05) is 0 Å². The summed E-state index contributed by atoms with van der Waals surface area (Å²) < 4.78 is 65.2. The molecule has 144 valence electrons. The molecule has 0 bridgehead atoms. The summed E-state index contributed by atoms with van der Waals surface area (Å²) in [6.45, 7) is 4.36. The van der Waals surface area contributed by atoms with E-state index in [0.29, 0.717) is 0 Å². The molecule has 0 amide bonds. The first-order valence-electron chi connectivity index (χ1n) is 7.62. The quantitative estimate of drug-likeness (QED) is 0.272. The molecule has 0 atom stereocenters. The summed E-state index contributed by atoms with van der Waals surface area (Å²) in [6, 6.07) is 16.8. The Kier molecular flexibility index (Phi) is 5.16. The number of allylic oxidation sites excluding steroid dienone is 2. The van der Waals surface area contributed by atoms with Gasteiger partial charge in [0.1, 0.15) is 15.8 Å². The SMILES string of the molecule is C/C=C(\CC)[S+]1c2ccccc2Oc2ccccc21.F[P-](F)(F)(F)(F)F. The van der Waals surface area contributed by atoms with Crippen molar-refractivity contribution >= 4 is 18.7 Å². The van der Waals surface area contributed by atoms with E-state index in [2.05, 4.69) is 56.3 Å². The number of hydrogen-bond acceptors (Lipinski definition) is 1. The van der Waals surface area contributed by atoms with Gasteiger partial charge < -0.3 is 4.74 Å². The molecule has 26 heavy (non-hydrogen) atoms. The number of fused-ring (bicyclic) bond motifs is 2. The number of hydrogen-bond donors (Lipinski definition) is 0. The van der Waals surface area contributed by atoms with Crippen molar-refractivity contribution in [3.05, 3.63) is 59.5 Å². The third-order valence-corrected chi connectivity index (χ3v) is 5.89. The fraction of sp³-hybridized carbons (Fsp3) is 0.176. The first-order valence-corrected chi connectivity index (χ1v) is 10.9. The van der Waals surface area contributed by atoms with Crippen LogP contribution in [0, 0.1) is 0 Å². The number of para-hydroxylation sites is 2. The second-order valence-corrected chi connectivity index (χ2v) is 9.30. The van der Waals surface area contributed by atoms with E-state index in [-0.39, 0.29) is 10.9 Å². The number of ether oxygens (including phenoxy) is 1. The third-order valence-electron chi connectivity index (χ3n) is 3.29. The number of halogens is 6. The average molecular weight is 414 g/mol. The molecule has 9 heteroatoms. The van der Waals surface area contributed by atoms with Gasteiger partial charge in [-0.1, -0.05) is 31.2 Å². The molecule has 0 radical (unpaired) electrons. The molecule has 2 aromatic rings. The molecule has 1 aliphatic rings. The van der Waals surface area contributed by atoms with Crippen LogP contribution in [0.5, 0.6) is 11.5 Å². The summed E-state index contributed by atoms with van der Waals surface area (Å²) in [5.74, 6) is 2.00. The van der Waals surface area contributed by atoms with Crippen LogP contribution in [0.1, 0.15) is 20.3 Å². The van der Waals surface area contributed by atoms with Crippen LogP contribution < -0.4 is 4.74 Å². The van der Waals surface area contributed by atoms with Gasteiger partial charge in [-0.05, 0) is 37.3 Å². The molecule has 2 aromatic carbocycles. The molecule has 0 fully saturated rings. The van der Waals surface area contributed by atoms with Gasteiger partial charge in [-0.3, -0.25) is 0 Å². The van der Waals surface area contributed by atoms with E-state index in [1.54, 1.807) is 0 Å². The Labute approximate surface area is 150 Å². The molecule has 1 aliphatic heterocycles. The first kappa shape index (κ1) is 20.6. The van der Waals surface area contributed by atoms with Crippen LogP contribution in [-0.4, -0.2) is 0 Å². The van der Waals surface area contributed by atoms with Crippen LogP contribution in [0.25, 0.3) is 0 Å². The second kappa shape index (κ2) is 6.50. The Balaban J connectivity index is 0.000000298. The molecular weight excluding hydrogens is 397 g/mol. The number of rotatable bonds is 2. The third kappa shape index (κ3) is 6.25. The van der Waals surface area contributed by atoms with E-state index < -0.39 is 7.81 Å². The van der Waals surface area contributed by atoms with Crippen LogP contribution in [0.3, 0.4) is 0 Å². The van der Waals surface area contributed by atoms with Gasteiger partial charge in [-0.2, -0.15) is 0 Å². The van der Waals surface area contributed by atoms with Gasteiger partial charge in [0, 0.05) is 6.42 Å². The molecule has 0 saturated carbocycles. The zero-order valence-electron chi connectivity index (χ0n) is 13.9. The van der Waals surface area contributed by atoms with Crippen LogP contribution in [0.4, 0.5) is 25.2 Å². The summed E-state index contributed by atoms with van der Waals surface area (Å²) in [6.07, 6.45) is 3.32. The summed E-state index contributed by atoms with van der Waals surface area (Å²) in [4.78, 5) is 4.08. The molecule has 0 aliphatic carbocycles. The molecular formula is C17H17F6OPS.